The lowest BCUT2D eigenvalue weighted by atomic mass is 10.1. The van der Waals surface area contributed by atoms with Crippen molar-refractivity contribution in [2.45, 2.75) is 0 Å². The molecule has 6 aromatic carbocycles. The fraction of sp³-hybridized carbons (Fsp3) is 0. The summed E-state index contributed by atoms with van der Waals surface area (Å²) >= 11 is 0. The van der Waals surface area contributed by atoms with Gasteiger partial charge in [-0.05, 0) is 84.9 Å². The van der Waals surface area contributed by atoms with Gasteiger partial charge in [-0.1, -0.05) is 103 Å². The highest BCUT2D eigenvalue weighted by Gasteiger charge is 2.19. The van der Waals surface area contributed by atoms with Crippen LogP contribution in [0.25, 0.3) is 106 Å². The Kier molecular flexibility index (Phi) is 7.40. The molecule has 0 bridgehead atoms. The molecule has 0 radical (unpaired) electrons. The summed E-state index contributed by atoms with van der Waals surface area (Å²) in [6, 6.07) is 65.3. The first kappa shape index (κ1) is 33.0. The summed E-state index contributed by atoms with van der Waals surface area (Å²) in [6.45, 7) is 0. The number of hydrogen-bond acceptors (Lipinski definition) is 4. The molecule has 7 heteroatoms. The van der Waals surface area contributed by atoms with E-state index in [0.717, 1.165) is 84.3 Å². The number of hydrogen-bond donors (Lipinski definition) is 0. The van der Waals surface area contributed by atoms with Crippen LogP contribution < -0.4 is 0 Å². The zero-order chi connectivity index (χ0) is 38.9. The summed E-state index contributed by atoms with van der Waals surface area (Å²) in [6.07, 6.45) is 3.89. The van der Waals surface area contributed by atoms with E-state index in [0.29, 0.717) is 0 Å². The predicted molar refractivity (Wildman–Crippen MR) is 239 cm³/mol. The minimum Gasteiger partial charge on any atom is -0.308 e. The normalized spacial score (nSPS) is 11.7. The molecule has 0 saturated heterocycles. The van der Waals surface area contributed by atoms with Gasteiger partial charge < -0.3 is 9.13 Å². The number of benzene rings is 6. The number of aromatic nitrogens is 7. The highest BCUT2D eigenvalue weighted by molar-refractivity contribution is 6.10. The van der Waals surface area contributed by atoms with Crippen molar-refractivity contribution >= 4 is 54.6 Å². The molecule has 0 saturated carbocycles. The predicted octanol–water partition coefficient (Wildman–Crippen LogP) is 12.4. The molecule has 7 nitrogen and oxygen atoms in total. The van der Waals surface area contributed by atoms with Crippen LogP contribution in [-0.2, 0) is 0 Å². The first-order valence-electron chi connectivity index (χ1n) is 19.7. The third-order valence-corrected chi connectivity index (χ3v) is 11.4. The van der Waals surface area contributed by atoms with E-state index in [9.17, 15) is 0 Å². The summed E-state index contributed by atoms with van der Waals surface area (Å²) in [5.74, 6) is 0.811. The highest BCUT2D eigenvalue weighted by atomic mass is 15.1. The number of para-hydroxylation sites is 7. The van der Waals surface area contributed by atoms with Crippen LogP contribution in [0, 0.1) is 0 Å². The Morgan fingerprint density at radius 2 is 0.729 bits per heavy atom. The molecule has 12 aromatic rings. The van der Waals surface area contributed by atoms with Crippen LogP contribution in [0.15, 0.2) is 200 Å². The van der Waals surface area contributed by atoms with Crippen LogP contribution in [0.5, 0.6) is 0 Å². The minimum absolute atomic E-state index is 0.728. The number of rotatable bonds is 6. The lowest BCUT2D eigenvalue weighted by Crippen LogP contribution is -2.01. The van der Waals surface area contributed by atoms with E-state index in [-0.39, 0.29) is 0 Å². The van der Waals surface area contributed by atoms with E-state index < -0.39 is 0 Å². The van der Waals surface area contributed by atoms with Crippen molar-refractivity contribution in [1.82, 2.24) is 33.6 Å². The number of nitrogens with zero attached hydrogens (tertiary/aromatic N) is 7. The second-order valence-electron chi connectivity index (χ2n) is 14.8. The van der Waals surface area contributed by atoms with Gasteiger partial charge in [0.25, 0.3) is 0 Å². The van der Waals surface area contributed by atoms with E-state index in [1.54, 1.807) is 0 Å². The van der Waals surface area contributed by atoms with Crippen LogP contribution >= 0.6 is 0 Å². The van der Waals surface area contributed by atoms with Crippen molar-refractivity contribution in [3.8, 4) is 51.2 Å². The Balaban J connectivity index is 1.03. The van der Waals surface area contributed by atoms with Gasteiger partial charge in [0.05, 0.1) is 79.6 Å². The molecule has 0 N–H and O–H groups in total. The second-order valence-corrected chi connectivity index (χ2v) is 14.8. The van der Waals surface area contributed by atoms with Gasteiger partial charge in [0.15, 0.2) is 0 Å². The van der Waals surface area contributed by atoms with Crippen molar-refractivity contribution in [2.24, 2.45) is 0 Å². The van der Waals surface area contributed by atoms with Gasteiger partial charge >= 0.3 is 0 Å². The van der Waals surface area contributed by atoms with Gasteiger partial charge in [-0.15, -0.1) is 0 Å². The van der Waals surface area contributed by atoms with Gasteiger partial charge in [0.1, 0.15) is 5.82 Å². The Hall–Kier alpha value is -8.16. The topological polar surface area (TPSA) is 66.3 Å². The first-order valence-corrected chi connectivity index (χ1v) is 19.7. The maximum atomic E-state index is 5.26. The fourth-order valence-corrected chi connectivity index (χ4v) is 8.72. The summed E-state index contributed by atoms with van der Waals surface area (Å²) < 4.78 is 6.78. The molecule has 0 aliphatic carbocycles. The zero-order valence-corrected chi connectivity index (χ0v) is 31.7. The van der Waals surface area contributed by atoms with Crippen molar-refractivity contribution in [1.29, 1.82) is 0 Å². The third-order valence-electron chi connectivity index (χ3n) is 11.4. The van der Waals surface area contributed by atoms with Crippen LogP contribution in [0.1, 0.15) is 0 Å². The largest absolute Gasteiger partial charge is 0.308 e. The molecule has 59 heavy (non-hydrogen) atoms. The molecule has 0 atom stereocenters. The molecule has 0 aliphatic rings. The van der Waals surface area contributed by atoms with Crippen molar-refractivity contribution in [3.05, 3.63) is 200 Å². The van der Waals surface area contributed by atoms with Crippen LogP contribution in [-0.4, -0.2) is 33.6 Å². The minimum atomic E-state index is 0.728. The highest BCUT2D eigenvalue weighted by Crippen LogP contribution is 2.36. The van der Waals surface area contributed by atoms with Gasteiger partial charge in [0, 0.05) is 32.8 Å². The molecule has 0 aliphatic heterocycles. The van der Waals surface area contributed by atoms with Crippen molar-refractivity contribution in [3.63, 3.8) is 0 Å². The SMILES string of the molecule is c1ccc(-n2c(-c3cc(-c4ccc(-n5c6ccccc6c6ccccc65)cn4)nc(-c4ccc(-n5c6ccccc6c6ccccc65)cn4)c3)nc3ccccc32)cc1. The molecular formula is C52H33N7. The number of pyridine rings is 3. The van der Waals surface area contributed by atoms with E-state index in [4.69, 9.17) is 19.9 Å². The first-order chi connectivity index (χ1) is 29.3. The molecule has 0 amide bonds. The molecule has 6 heterocycles. The fourth-order valence-electron chi connectivity index (χ4n) is 8.72. The number of imidazole rings is 1. The molecule has 0 spiro atoms. The van der Waals surface area contributed by atoms with E-state index >= 15 is 0 Å². The smallest absolute Gasteiger partial charge is 0.145 e. The Labute approximate surface area is 338 Å². The standard InChI is InChI=1S/C52H33N7/c1-2-14-35(15-3-1)59-51-25-13-8-20-44(51)56-52(59)34-30-45(42-28-26-36(32-53-42)57-47-21-9-4-16-38(47)39-17-5-10-22-48(39)57)55-46(31-34)43-29-27-37(33-54-43)58-49-23-11-6-18-40(49)41-19-7-12-24-50(41)58/h1-33H. The summed E-state index contributed by atoms with van der Waals surface area (Å²) in [4.78, 5) is 20.7. The maximum Gasteiger partial charge on any atom is 0.145 e. The summed E-state index contributed by atoms with van der Waals surface area (Å²) in [5, 5.41) is 4.85. The second kappa shape index (κ2) is 13.2. The summed E-state index contributed by atoms with van der Waals surface area (Å²) in [7, 11) is 0. The zero-order valence-electron chi connectivity index (χ0n) is 31.7. The molecule has 12 rings (SSSR count). The van der Waals surface area contributed by atoms with E-state index in [1.165, 1.54) is 21.5 Å². The molecular weight excluding hydrogens is 723 g/mol. The van der Waals surface area contributed by atoms with Gasteiger partial charge in [-0.25, -0.2) is 9.97 Å². The van der Waals surface area contributed by atoms with Gasteiger partial charge in [0.2, 0.25) is 0 Å². The molecule has 276 valence electrons. The van der Waals surface area contributed by atoms with Crippen LogP contribution in [0.2, 0.25) is 0 Å². The van der Waals surface area contributed by atoms with Crippen LogP contribution in [0.3, 0.4) is 0 Å². The quantitative estimate of drug-likeness (QED) is 0.169. The maximum absolute atomic E-state index is 5.26. The lowest BCUT2D eigenvalue weighted by molar-refractivity contribution is 1.10. The van der Waals surface area contributed by atoms with Crippen LogP contribution in [0.4, 0.5) is 0 Å². The summed E-state index contributed by atoms with van der Waals surface area (Å²) in [5.41, 5.74) is 13.4. The Bertz CT molecular complexity index is 3260. The molecule has 0 unspecified atom stereocenters. The molecule has 0 fully saturated rings. The van der Waals surface area contributed by atoms with Crippen molar-refractivity contribution in [2.75, 3.05) is 0 Å². The van der Waals surface area contributed by atoms with E-state index in [2.05, 4.69) is 190 Å². The average molecular weight is 756 g/mol. The van der Waals surface area contributed by atoms with Gasteiger partial charge in [-0.3, -0.25) is 14.5 Å². The number of fused-ring (bicyclic) bond motifs is 7. The Morgan fingerprint density at radius 1 is 0.305 bits per heavy atom. The lowest BCUT2D eigenvalue weighted by Gasteiger charge is -2.13. The average Bonchev–Trinajstić information content (AvgIpc) is 3.98. The Morgan fingerprint density at radius 3 is 1.19 bits per heavy atom. The molecule has 6 aromatic heterocycles. The van der Waals surface area contributed by atoms with Crippen molar-refractivity contribution < 1.29 is 0 Å². The monoisotopic (exact) mass is 755 g/mol. The third kappa shape index (κ3) is 5.29. The van der Waals surface area contributed by atoms with Gasteiger partial charge in [-0.2, -0.15) is 0 Å². The van der Waals surface area contributed by atoms with E-state index in [1.807, 2.05) is 24.5 Å².